The topological polar surface area (TPSA) is 97.5 Å². The van der Waals surface area contributed by atoms with Crippen molar-refractivity contribution in [3.63, 3.8) is 0 Å². The fraction of sp³-hybridized carbons (Fsp3) is 0.136. The van der Waals surface area contributed by atoms with E-state index in [-0.39, 0.29) is 23.7 Å². The van der Waals surface area contributed by atoms with Gasteiger partial charge in [-0.15, -0.1) is 0 Å². The summed E-state index contributed by atoms with van der Waals surface area (Å²) in [4.78, 5) is 20.8. The molecule has 29 heavy (non-hydrogen) atoms. The molecule has 0 fully saturated rings. The summed E-state index contributed by atoms with van der Waals surface area (Å²) in [5, 5.41) is 13.2. The summed E-state index contributed by atoms with van der Waals surface area (Å²) in [5.74, 6) is 0.639. The maximum absolute atomic E-state index is 12.5. The molecule has 7 heteroatoms. The summed E-state index contributed by atoms with van der Waals surface area (Å²) in [5.41, 5.74) is 2.54. The lowest BCUT2D eigenvalue weighted by atomic mass is 10.1. The van der Waals surface area contributed by atoms with Crippen LogP contribution in [0.1, 0.15) is 24.2 Å². The number of rotatable bonds is 5. The molecular formula is C22H19N3O4. The van der Waals surface area contributed by atoms with Crippen molar-refractivity contribution in [1.29, 1.82) is 0 Å². The second-order valence-corrected chi connectivity index (χ2v) is 6.74. The zero-order valence-corrected chi connectivity index (χ0v) is 15.9. The van der Waals surface area contributed by atoms with Gasteiger partial charge < -0.3 is 19.6 Å². The molecule has 2 N–H and O–H groups in total. The van der Waals surface area contributed by atoms with Crippen LogP contribution >= 0.6 is 0 Å². The number of aromatic nitrogens is 2. The second kappa shape index (κ2) is 7.63. The highest BCUT2D eigenvalue weighted by Crippen LogP contribution is 2.33. The van der Waals surface area contributed by atoms with Gasteiger partial charge in [0.2, 0.25) is 5.89 Å². The minimum Gasteiger partial charge on any atom is -0.507 e. The van der Waals surface area contributed by atoms with Crippen molar-refractivity contribution in [3.8, 4) is 23.0 Å². The summed E-state index contributed by atoms with van der Waals surface area (Å²) in [6.45, 7) is 3.88. The van der Waals surface area contributed by atoms with Gasteiger partial charge in [0.1, 0.15) is 17.0 Å². The van der Waals surface area contributed by atoms with Crippen molar-refractivity contribution in [3.05, 3.63) is 66.5 Å². The van der Waals surface area contributed by atoms with E-state index in [2.05, 4.69) is 15.3 Å². The van der Waals surface area contributed by atoms with Gasteiger partial charge >= 0.3 is 0 Å². The van der Waals surface area contributed by atoms with E-state index in [1.807, 2.05) is 13.8 Å². The van der Waals surface area contributed by atoms with E-state index < -0.39 is 0 Å². The molecule has 0 bridgehead atoms. The lowest BCUT2D eigenvalue weighted by molar-refractivity contribution is 0.102. The second-order valence-electron chi connectivity index (χ2n) is 6.74. The average molecular weight is 389 g/mol. The minimum absolute atomic E-state index is 0.0528. The number of fused-ring (bicyclic) bond motifs is 1. The molecule has 146 valence electrons. The molecule has 7 nitrogen and oxygen atoms in total. The van der Waals surface area contributed by atoms with Gasteiger partial charge in [0, 0.05) is 29.6 Å². The Morgan fingerprint density at radius 2 is 1.93 bits per heavy atom. The largest absolute Gasteiger partial charge is 0.507 e. The van der Waals surface area contributed by atoms with Crippen LogP contribution in [0.4, 0.5) is 5.69 Å². The van der Waals surface area contributed by atoms with Gasteiger partial charge in [0.05, 0.1) is 17.9 Å². The number of nitrogens with one attached hydrogen (secondary N) is 1. The average Bonchev–Trinajstić information content (AvgIpc) is 3.12. The molecule has 0 aliphatic carbocycles. The minimum atomic E-state index is -0.291. The zero-order valence-electron chi connectivity index (χ0n) is 15.9. The fourth-order valence-corrected chi connectivity index (χ4v) is 2.85. The molecule has 0 saturated carbocycles. The Balaban J connectivity index is 1.51. The Morgan fingerprint density at radius 1 is 1.14 bits per heavy atom. The number of carbonyl (C=O) groups is 1. The Hall–Kier alpha value is -3.87. The quantitative estimate of drug-likeness (QED) is 0.516. The smallest absolute Gasteiger partial charge is 0.255 e. The van der Waals surface area contributed by atoms with E-state index in [0.29, 0.717) is 33.7 Å². The number of aromatic hydroxyl groups is 1. The molecule has 0 radical (unpaired) electrons. The molecular weight excluding hydrogens is 370 g/mol. The SMILES string of the molecule is CC(C)Oc1ccc(C(=O)Nc2ccc(-c3nc4cnccc4o3)c(O)c2)cc1. The van der Waals surface area contributed by atoms with Crippen LogP contribution in [0, 0.1) is 0 Å². The van der Waals surface area contributed by atoms with Crippen LogP contribution < -0.4 is 10.1 Å². The number of benzene rings is 2. The Labute approximate surface area is 167 Å². The third-order valence-electron chi connectivity index (χ3n) is 4.16. The number of phenolic OH excluding ortho intramolecular Hbond substituents is 1. The van der Waals surface area contributed by atoms with Crippen molar-refractivity contribution in [2.45, 2.75) is 20.0 Å². The number of amides is 1. The molecule has 4 rings (SSSR count). The maximum Gasteiger partial charge on any atom is 0.255 e. The van der Waals surface area contributed by atoms with Crippen LogP contribution in [0.3, 0.4) is 0 Å². The molecule has 2 heterocycles. The maximum atomic E-state index is 12.5. The molecule has 0 atom stereocenters. The lowest BCUT2D eigenvalue weighted by Crippen LogP contribution is -2.12. The first-order valence-electron chi connectivity index (χ1n) is 9.11. The molecule has 2 aromatic carbocycles. The highest BCUT2D eigenvalue weighted by molar-refractivity contribution is 6.04. The summed E-state index contributed by atoms with van der Waals surface area (Å²) in [6.07, 6.45) is 3.26. The van der Waals surface area contributed by atoms with E-state index in [0.717, 1.165) is 0 Å². The number of pyridine rings is 1. The van der Waals surface area contributed by atoms with Crippen molar-refractivity contribution in [2.75, 3.05) is 5.32 Å². The molecule has 0 unspecified atom stereocenters. The fourth-order valence-electron chi connectivity index (χ4n) is 2.85. The van der Waals surface area contributed by atoms with Crippen molar-refractivity contribution >= 4 is 22.7 Å². The Bertz CT molecular complexity index is 1130. The van der Waals surface area contributed by atoms with Crippen LogP contribution in [0.15, 0.2) is 65.3 Å². The van der Waals surface area contributed by atoms with Crippen LogP contribution in [0.5, 0.6) is 11.5 Å². The highest BCUT2D eigenvalue weighted by atomic mass is 16.5. The van der Waals surface area contributed by atoms with Gasteiger partial charge in [-0.25, -0.2) is 4.98 Å². The van der Waals surface area contributed by atoms with Gasteiger partial charge in [-0.1, -0.05) is 0 Å². The van der Waals surface area contributed by atoms with Crippen LogP contribution in [0.25, 0.3) is 22.6 Å². The number of hydrogen-bond donors (Lipinski definition) is 2. The number of oxazole rings is 1. The van der Waals surface area contributed by atoms with Crippen molar-refractivity contribution in [1.82, 2.24) is 9.97 Å². The molecule has 0 aliphatic heterocycles. The predicted molar refractivity (Wildman–Crippen MR) is 109 cm³/mol. The number of hydrogen-bond acceptors (Lipinski definition) is 6. The molecule has 0 aliphatic rings. The number of ether oxygens (including phenoxy) is 1. The van der Waals surface area contributed by atoms with Gasteiger partial charge in [-0.2, -0.15) is 0 Å². The van der Waals surface area contributed by atoms with E-state index >= 15 is 0 Å². The first-order valence-corrected chi connectivity index (χ1v) is 9.11. The number of phenols is 1. The first-order chi connectivity index (χ1) is 14.0. The number of carbonyl (C=O) groups excluding carboxylic acids is 1. The first kappa shape index (κ1) is 18.5. The monoisotopic (exact) mass is 389 g/mol. The molecule has 0 saturated heterocycles. The lowest BCUT2D eigenvalue weighted by Gasteiger charge is -2.10. The van der Waals surface area contributed by atoms with Gasteiger partial charge in [-0.3, -0.25) is 9.78 Å². The predicted octanol–water partition coefficient (Wildman–Crippen LogP) is 4.63. The standard InChI is InChI=1S/C22H19N3O4/c1-13(2)28-16-6-3-14(4-7-16)21(27)24-15-5-8-17(19(26)11-15)22-25-18-12-23-10-9-20(18)29-22/h3-13,26H,1-2H3,(H,24,27). The normalized spacial score (nSPS) is 11.0. The molecule has 0 spiro atoms. The molecule has 2 aromatic heterocycles. The summed E-state index contributed by atoms with van der Waals surface area (Å²) < 4.78 is 11.2. The molecule has 1 amide bonds. The van der Waals surface area contributed by atoms with E-state index in [4.69, 9.17) is 9.15 Å². The highest BCUT2D eigenvalue weighted by Gasteiger charge is 2.14. The number of anilines is 1. The third kappa shape index (κ3) is 4.03. The van der Waals surface area contributed by atoms with E-state index in [9.17, 15) is 9.90 Å². The third-order valence-corrected chi connectivity index (χ3v) is 4.16. The Morgan fingerprint density at radius 3 is 2.62 bits per heavy atom. The van der Waals surface area contributed by atoms with Gasteiger partial charge in [-0.05, 0) is 50.2 Å². The van der Waals surface area contributed by atoms with Crippen LogP contribution in [-0.2, 0) is 0 Å². The van der Waals surface area contributed by atoms with Crippen LogP contribution in [0.2, 0.25) is 0 Å². The summed E-state index contributed by atoms with van der Waals surface area (Å²) in [6, 6.07) is 13.3. The summed E-state index contributed by atoms with van der Waals surface area (Å²) in [7, 11) is 0. The summed E-state index contributed by atoms with van der Waals surface area (Å²) >= 11 is 0. The zero-order chi connectivity index (χ0) is 20.4. The van der Waals surface area contributed by atoms with Crippen molar-refractivity contribution < 1.29 is 19.1 Å². The Kier molecular flexibility index (Phi) is 4.87. The van der Waals surface area contributed by atoms with E-state index in [1.54, 1.807) is 54.9 Å². The van der Waals surface area contributed by atoms with Gasteiger partial charge in [0.15, 0.2) is 5.58 Å². The number of nitrogens with zero attached hydrogens (tertiary/aromatic N) is 2. The van der Waals surface area contributed by atoms with Crippen LogP contribution in [-0.4, -0.2) is 27.1 Å². The molecule has 4 aromatic rings. The van der Waals surface area contributed by atoms with E-state index in [1.165, 1.54) is 6.07 Å². The van der Waals surface area contributed by atoms with Crippen molar-refractivity contribution in [2.24, 2.45) is 0 Å². The van der Waals surface area contributed by atoms with Gasteiger partial charge in [0.25, 0.3) is 5.91 Å².